The molecule has 0 bridgehead atoms. The van der Waals surface area contributed by atoms with Gasteiger partial charge in [0.15, 0.2) is 6.29 Å². The summed E-state index contributed by atoms with van der Waals surface area (Å²) in [4.78, 5) is 24.5. The van der Waals surface area contributed by atoms with Crippen LogP contribution in [0.15, 0.2) is 18.5 Å². The first kappa shape index (κ1) is 10.7. The monoisotopic (exact) mass is 204 g/mol. The molecule has 0 fully saturated rings. The third-order valence-corrected chi connectivity index (χ3v) is 1.53. The predicted octanol–water partition coefficient (Wildman–Crippen LogP) is 0.513. The van der Waals surface area contributed by atoms with Crippen LogP contribution in [0.25, 0.3) is 0 Å². The quantitative estimate of drug-likeness (QED) is 0.543. The van der Waals surface area contributed by atoms with Crippen LogP contribution in [0.2, 0.25) is 0 Å². The Balaban J connectivity index is 2.70. The molecular formula is C10H8N2O3. The maximum absolute atomic E-state index is 10.6. The van der Waals surface area contributed by atoms with Gasteiger partial charge in [0.2, 0.25) is 0 Å². The molecule has 0 aliphatic carbocycles. The van der Waals surface area contributed by atoms with Crippen LogP contribution < -0.4 is 5.32 Å². The summed E-state index contributed by atoms with van der Waals surface area (Å²) in [5.41, 5.74) is 0.924. The highest BCUT2D eigenvalue weighted by atomic mass is 16.4. The van der Waals surface area contributed by atoms with Crippen molar-refractivity contribution in [3.8, 4) is 11.8 Å². The van der Waals surface area contributed by atoms with Gasteiger partial charge in [0.25, 0.3) is 0 Å². The Morgan fingerprint density at radius 1 is 1.67 bits per heavy atom. The molecule has 0 aromatic carbocycles. The second-order valence-corrected chi connectivity index (χ2v) is 2.54. The van der Waals surface area contributed by atoms with E-state index in [0.29, 0.717) is 17.4 Å². The van der Waals surface area contributed by atoms with Crippen molar-refractivity contribution >= 4 is 12.4 Å². The Labute approximate surface area is 86.1 Å². The molecule has 0 saturated carbocycles. The van der Waals surface area contributed by atoms with E-state index in [2.05, 4.69) is 22.1 Å². The minimum Gasteiger partial charge on any atom is -0.465 e. The Hall–Kier alpha value is -2.35. The van der Waals surface area contributed by atoms with E-state index in [1.807, 2.05) is 0 Å². The van der Waals surface area contributed by atoms with Gasteiger partial charge in [-0.2, -0.15) is 0 Å². The highest BCUT2D eigenvalue weighted by Gasteiger charge is 1.96. The molecule has 15 heavy (non-hydrogen) atoms. The molecule has 0 atom stereocenters. The fourth-order valence-corrected chi connectivity index (χ4v) is 0.872. The molecule has 1 heterocycles. The number of hydrogen-bond donors (Lipinski definition) is 2. The average molecular weight is 204 g/mol. The van der Waals surface area contributed by atoms with Crippen molar-refractivity contribution in [1.82, 2.24) is 10.3 Å². The number of nitrogens with one attached hydrogen (secondary N) is 1. The average Bonchev–Trinajstić information content (AvgIpc) is 2.24. The van der Waals surface area contributed by atoms with Crippen molar-refractivity contribution in [2.45, 2.75) is 0 Å². The molecule has 5 heteroatoms. The number of carboxylic acid groups (broad SMARTS) is 1. The van der Waals surface area contributed by atoms with Gasteiger partial charge in [-0.15, -0.1) is 0 Å². The molecule has 0 saturated heterocycles. The Kier molecular flexibility index (Phi) is 3.86. The molecule has 1 aromatic heterocycles. The zero-order chi connectivity index (χ0) is 11.1. The van der Waals surface area contributed by atoms with Gasteiger partial charge in [-0.1, -0.05) is 11.8 Å². The number of pyridine rings is 1. The summed E-state index contributed by atoms with van der Waals surface area (Å²) < 4.78 is 0. The first-order valence-corrected chi connectivity index (χ1v) is 4.09. The molecule has 76 valence electrons. The van der Waals surface area contributed by atoms with Gasteiger partial charge < -0.3 is 10.4 Å². The van der Waals surface area contributed by atoms with Gasteiger partial charge in [-0.25, -0.2) is 4.79 Å². The zero-order valence-corrected chi connectivity index (χ0v) is 7.73. The van der Waals surface area contributed by atoms with Gasteiger partial charge in [-0.3, -0.25) is 9.78 Å². The molecule has 0 spiro atoms. The number of aldehydes is 1. The smallest absolute Gasteiger partial charge is 0.405 e. The molecule has 2 N–H and O–H groups in total. The van der Waals surface area contributed by atoms with Crippen molar-refractivity contribution in [2.75, 3.05) is 6.54 Å². The summed E-state index contributed by atoms with van der Waals surface area (Å²) in [7, 11) is 0. The molecule has 1 aromatic rings. The van der Waals surface area contributed by atoms with Gasteiger partial charge in [0, 0.05) is 18.0 Å². The Bertz CT molecular complexity index is 432. The molecule has 0 aliphatic heterocycles. The van der Waals surface area contributed by atoms with Crippen LogP contribution in [-0.4, -0.2) is 29.0 Å². The standard InChI is InChI=1S/C10H8N2O3/c13-7-9-3-5-11-6-8(9)2-1-4-12-10(14)15/h3,5-7,12H,4H2,(H,14,15). The van der Waals surface area contributed by atoms with Crippen LogP contribution in [0.5, 0.6) is 0 Å². The minimum atomic E-state index is -1.13. The van der Waals surface area contributed by atoms with Crippen LogP contribution in [0.3, 0.4) is 0 Å². The molecule has 0 unspecified atom stereocenters. The number of nitrogens with zero attached hydrogens (tertiary/aromatic N) is 1. The normalized spacial score (nSPS) is 8.53. The highest BCUT2D eigenvalue weighted by molar-refractivity contribution is 5.78. The number of hydrogen-bond acceptors (Lipinski definition) is 3. The van der Waals surface area contributed by atoms with Crippen molar-refractivity contribution in [3.05, 3.63) is 29.6 Å². The lowest BCUT2D eigenvalue weighted by atomic mass is 10.1. The molecule has 0 radical (unpaired) electrons. The zero-order valence-electron chi connectivity index (χ0n) is 7.73. The van der Waals surface area contributed by atoms with Gasteiger partial charge in [-0.05, 0) is 6.07 Å². The van der Waals surface area contributed by atoms with Crippen molar-refractivity contribution in [3.63, 3.8) is 0 Å². The molecule has 0 aliphatic rings. The summed E-state index contributed by atoms with van der Waals surface area (Å²) in [6, 6.07) is 1.54. The van der Waals surface area contributed by atoms with E-state index in [1.54, 1.807) is 6.07 Å². The minimum absolute atomic E-state index is 0.0164. The third kappa shape index (κ3) is 3.48. The topological polar surface area (TPSA) is 79.3 Å². The number of carbonyl (C=O) groups is 2. The highest BCUT2D eigenvalue weighted by Crippen LogP contribution is 2.00. The van der Waals surface area contributed by atoms with E-state index in [4.69, 9.17) is 5.11 Å². The first-order chi connectivity index (χ1) is 7.24. The number of carbonyl (C=O) groups excluding carboxylic acids is 1. The third-order valence-electron chi connectivity index (χ3n) is 1.53. The number of amides is 1. The maximum Gasteiger partial charge on any atom is 0.405 e. The Morgan fingerprint density at radius 2 is 2.47 bits per heavy atom. The second-order valence-electron chi connectivity index (χ2n) is 2.54. The first-order valence-electron chi connectivity index (χ1n) is 4.09. The van der Waals surface area contributed by atoms with Crippen molar-refractivity contribution in [2.24, 2.45) is 0 Å². The van der Waals surface area contributed by atoms with E-state index in [9.17, 15) is 9.59 Å². The SMILES string of the molecule is O=Cc1ccncc1C#CCNC(=O)O. The van der Waals surface area contributed by atoms with Gasteiger partial charge in [0.05, 0.1) is 12.1 Å². The molecule has 1 amide bonds. The van der Waals surface area contributed by atoms with Crippen LogP contribution in [0, 0.1) is 11.8 Å². The summed E-state index contributed by atoms with van der Waals surface area (Å²) in [5.74, 6) is 5.22. The van der Waals surface area contributed by atoms with E-state index < -0.39 is 6.09 Å². The summed E-state index contributed by atoms with van der Waals surface area (Å²) in [5, 5.41) is 10.4. The molecule has 5 nitrogen and oxygen atoms in total. The van der Waals surface area contributed by atoms with Gasteiger partial charge in [0.1, 0.15) is 0 Å². The lowest BCUT2D eigenvalue weighted by Crippen LogP contribution is -2.20. The summed E-state index contributed by atoms with van der Waals surface area (Å²) in [6.45, 7) is 0.0164. The molecular weight excluding hydrogens is 196 g/mol. The fraction of sp³-hybridized carbons (Fsp3) is 0.100. The maximum atomic E-state index is 10.6. The fourth-order valence-electron chi connectivity index (χ4n) is 0.872. The number of aromatic nitrogens is 1. The Morgan fingerprint density at radius 3 is 3.13 bits per heavy atom. The lowest BCUT2D eigenvalue weighted by Gasteiger charge is -1.93. The van der Waals surface area contributed by atoms with E-state index in [1.165, 1.54) is 12.4 Å². The van der Waals surface area contributed by atoms with Crippen LogP contribution in [-0.2, 0) is 0 Å². The molecule has 1 rings (SSSR count). The van der Waals surface area contributed by atoms with Crippen molar-refractivity contribution < 1.29 is 14.7 Å². The number of rotatable bonds is 2. The lowest BCUT2D eigenvalue weighted by molar-refractivity contribution is 0.112. The second kappa shape index (κ2) is 5.40. The summed E-state index contributed by atoms with van der Waals surface area (Å²) >= 11 is 0. The van der Waals surface area contributed by atoms with E-state index in [-0.39, 0.29) is 6.54 Å². The van der Waals surface area contributed by atoms with Crippen LogP contribution >= 0.6 is 0 Å². The van der Waals surface area contributed by atoms with Gasteiger partial charge >= 0.3 is 6.09 Å². The van der Waals surface area contributed by atoms with E-state index >= 15 is 0 Å². The van der Waals surface area contributed by atoms with E-state index in [0.717, 1.165) is 0 Å². The van der Waals surface area contributed by atoms with Crippen LogP contribution in [0.4, 0.5) is 4.79 Å². The van der Waals surface area contributed by atoms with Crippen LogP contribution in [0.1, 0.15) is 15.9 Å². The predicted molar refractivity (Wildman–Crippen MR) is 52.5 cm³/mol. The summed E-state index contributed by atoms with van der Waals surface area (Å²) in [6.07, 6.45) is 2.49. The largest absolute Gasteiger partial charge is 0.465 e. The van der Waals surface area contributed by atoms with Crippen molar-refractivity contribution in [1.29, 1.82) is 0 Å².